The van der Waals surface area contributed by atoms with Gasteiger partial charge in [-0.1, -0.05) is 18.2 Å². The molecule has 4 aromatic rings. The van der Waals surface area contributed by atoms with E-state index in [0.717, 1.165) is 36.0 Å². The number of amides is 1. The van der Waals surface area contributed by atoms with Gasteiger partial charge in [0.25, 0.3) is 0 Å². The van der Waals surface area contributed by atoms with Crippen molar-refractivity contribution >= 4 is 32.3 Å². The summed E-state index contributed by atoms with van der Waals surface area (Å²) >= 11 is 0. The van der Waals surface area contributed by atoms with Crippen molar-refractivity contribution in [2.24, 2.45) is 0 Å². The normalized spacial score (nSPS) is 12.6. The van der Waals surface area contributed by atoms with Crippen LogP contribution in [0.1, 0.15) is 5.56 Å². The minimum absolute atomic E-state index is 0.0427. The highest BCUT2D eigenvalue weighted by molar-refractivity contribution is 7.91. The number of aryl methyl sites for hydroxylation is 1. The fourth-order valence-electron chi connectivity index (χ4n) is 3.87. The van der Waals surface area contributed by atoms with E-state index in [9.17, 15) is 22.4 Å². The monoisotopic (exact) mass is 494 g/mol. The number of fused-ring (bicyclic) bond motifs is 2. The zero-order valence-electron chi connectivity index (χ0n) is 18.4. The van der Waals surface area contributed by atoms with Gasteiger partial charge in [-0.15, -0.1) is 0 Å². The van der Waals surface area contributed by atoms with E-state index in [2.05, 4.69) is 5.32 Å². The lowest BCUT2D eigenvalue weighted by molar-refractivity contribution is -0.116. The van der Waals surface area contributed by atoms with Crippen LogP contribution in [0, 0.1) is 12.7 Å². The summed E-state index contributed by atoms with van der Waals surface area (Å²) in [6.07, 6.45) is 1.13. The number of para-hydroxylation sites is 1. The summed E-state index contributed by atoms with van der Waals surface area (Å²) in [6.45, 7) is 1.52. The molecule has 178 valence electrons. The van der Waals surface area contributed by atoms with Crippen molar-refractivity contribution in [1.82, 2.24) is 4.57 Å². The number of carbonyl (C=O) groups excluding carboxylic acids is 1. The molecule has 2 heterocycles. The third kappa shape index (κ3) is 4.12. The Hall–Kier alpha value is -4.18. The van der Waals surface area contributed by atoms with Gasteiger partial charge in [-0.2, -0.15) is 0 Å². The quantitative estimate of drug-likeness (QED) is 0.425. The molecule has 0 unspecified atom stereocenters. The van der Waals surface area contributed by atoms with Crippen LogP contribution in [0.3, 0.4) is 0 Å². The van der Waals surface area contributed by atoms with Gasteiger partial charge in [0.2, 0.25) is 28.0 Å². The fraction of sp³-hybridized carbons (Fsp3) is 0.120. The molecule has 1 N–H and O–H groups in total. The van der Waals surface area contributed by atoms with Gasteiger partial charge in [0.15, 0.2) is 11.5 Å². The second-order valence-electron chi connectivity index (χ2n) is 7.99. The Bertz CT molecular complexity index is 1650. The first-order chi connectivity index (χ1) is 16.7. The lowest BCUT2D eigenvalue weighted by atomic mass is 10.1. The molecule has 0 saturated carbocycles. The highest BCUT2D eigenvalue weighted by Crippen LogP contribution is 2.36. The van der Waals surface area contributed by atoms with Crippen molar-refractivity contribution in [2.75, 3.05) is 12.1 Å². The van der Waals surface area contributed by atoms with Crippen molar-refractivity contribution < 1.29 is 27.1 Å². The van der Waals surface area contributed by atoms with Crippen molar-refractivity contribution in [3.8, 4) is 11.5 Å². The topological polar surface area (TPSA) is 104 Å². The Balaban J connectivity index is 1.65. The SMILES string of the molecule is Cc1ccccc1NC(=O)Cn1cc(S(=O)(=O)c2ccc(F)cc2)c(=O)c2cc3c(cc21)OCO3. The van der Waals surface area contributed by atoms with E-state index in [4.69, 9.17) is 9.47 Å². The number of sulfone groups is 1. The van der Waals surface area contributed by atoms with E-state index in [1.165, 1.54) is 16.7 Å². The van der Waals surface area contributed by atoms with E-state index in [-0.39, 0.29) is 23.6 Å². The number of benzene rings is 3. The molecule has 1 amide bonds. The molecule has 1 aromatic heterocycles. The summed E-state index contributed by atoms with van der Waals surface area (Å²) < 4.78 is 52.2. The second-order valence-corrected chi connectivity index (χ2v) is 9.91. The summed E-state index contributed by atoms with van der Waals surface area (Å²) in [5.74, 6) is -0.367. The summed E-state index contributed by atoms with van der Waals surface area (Å²) in [4.78, 5) is 25.4. The fourth-order valence-corrected chi connectivity index (χ4v) is 5.24. The predicted molar refractivity (Wildman–Crippen MR) is 126 cm³/mol. The highest BCUT2D eigenvalue weighted by Gasteiger charge is 2.26. The molecule has 1 aliphatic rings. The van der Waals surface area contributed by atoms with Crippen LogP contribution in [0.4, 0.5) is 10.1 Å². The number of halogens is 1. The van der Waals surface area contributed by atoms with E-state index >= 15 is 0 Å². The molecule has 10 heteroatoms. The number of nitrogens with one attached hydrogen (secondary N) is 1. The molecule has 0 radical (unpaired) electrons. The molecule has 0 spiro atoms. The van der Waals surface area contributed by atoms with Crippen LogP contribution in [0.15, 0.2) is 81.4 Å². The van der Waals surface area contributed by atoms with E-state index in [1.807, 2.05) is 19.1 Å². The number of hydrogen-bond acceptors (Lipinski definition) is 6. The van der Waals surface area contributed by atoms with Crippen LogP contribution in [0.5, 0.6) is 11.5 Å². The second kappa shape index (κ2) is 8.55. The maximum Gasteiger partial charge on any atom is 0.244 e. The number of pyridine rings is 1. The summed E-state index contributed by atoms with van der Waals surface area (Å²) in [6, 6.07) is 14.3. The van der Waals surface area contributed by atoms with E-state index in [0.29, 0.717) is 22.7 Å². The van der Waals surface area contributed by atoms with Gasteiger partial charge >= 0.3 is 0 Å². The first-order valence-electron chi connectivity index (χ1n) is 10.6. The maximum atomic E-state index is 13.4. The van der Waals surface area contributed by atoms with Crippen LogP contribution in [0.2, 0.25) is 0 Å². The molecule has 8 nitrogen and oxygen atoms in total. The zero-order chi connectivity index (χ0) is 24.7. The Morgan fingerprint density at radius 2 is 1.74 bits per heavy atom. The smallest absolute Gasteiger partial charge is 0.244 e. The van der Waals surface area contributed by atoms with Gasteiger partial charge in [-0.3, -0.25) is 9.59 Å². The number of nitrogens with zero attached hydrogens (tertiary/aromatic N) is 1. The molecular weight excluding hydrogens is 475 g/mol. The van der Waals surface area contributed by atoms with Crippen LogP contribution >= 0.6 is 0 Å². The van der Waals surface area contributed by atoms with E-state index in [1.54, 1.807) is 12.1 Å². The van der Waals surface area contributed by atoms with Crippen molar-refractivity contribution in [1.29, 1.82) is 0 Å². The number of ether oxygens (including phenoxy) is 2. The molecule has 0 saturated heterocycles. The predicted octanol–water partition coefficient (Wildman–Crippen LogP) is 3.65. The number of carbonyl (C=O) groups is 1. The van der Waals surface area contributed by atoms with Crippen molar-refractivity contribution in [2.45, 2.75) is 23.3 Å². The van der Waals surface area contributed by atoms with Crippen LogP contribution in [0.25, 0.3) is 10.9 Å². The summed E-state index contributed by atoms with van der Waals surface area (Å²) in [5, 5.41) is 2.84. The van der Waals surface area contributed by atoms with Gasteiger partial charge in [-0.05, 0) is 48.9 Å². The number of aromatic nitrogens is 1. The molecular formula is C25H19FN2O6S. The first kappa shape index (κ1) is 22.6. The number of rotatable bonds is 5. The summed E-state index contributed by atoms with van der Waals surface area (Å²) in [7, 11) is -4.32. The van der Waals surface area contributed by atoms with Gasteiger partial charge in [-0.25, -0.2) is 12.8 Å². The van der Waals surface area contributed by atoms with Crippen LogP contribution < -0.4 is 20.2 Å². The van der Waals surface area contributed by atoms with Gasteiger partial charge in [0.1, 0.15) is 17.3 Å². The molecule has 0 fully saturated rings. The Labute approximate surface area is 199 Å². The average molecular weight is 495 g/mol. The van der Waals surface area contributed by atoms with Gasteiger partial charge in [0, 0.05) is 18.0 Å². The van der Waals surface area contributed by atoms with Crippen LogP contribution in [-0.4, -0.2) is 25.7 Å². The zero-order valence-corrected chi connectivity index (χ0v) is 19.3. The molecule has 0 atom stereocenters. The minimum atomic E-state index is -4.32. The largest absolute Gasteiger partial charge is 0.454 e. The van der Waals surface area contributed by atoms with Crippen LogP contribution in [-0.2, 0) is 21.2 Å². The third-order valence-corrected chi connectivity index (χ3v) is 7.45. The van der Waals surface area contributed by atoms with Crippen molar-refractivity contribution in [3.05, 3.63) is 88.5 Å². The Kier molecular flexibility index (Phi) is 5.52. The number of hydrogen-bond donors (Lipinski definition) is 1. The molecule has 35 heavy (non-hydrogen) atoms. The Morgan fingerprint density at radius 1 is 1.06 bits per heavy atom. The Morgan fingerprint density at radius 3 is 2.46 bits per heavy atom. The lowest BCUT2D eigenvalue weighted by Gasteiger charge is -2.15. The molecule has 0 bridgehead atoms. The third-order valence-electron chi connectivity index (χ3n) is 5.69. The first-order valence-corrected chi connectivity index (χ1v) is 12.1. The van der Waals surface area contributed by atoms with Gasteiger partial charge in [0.05, 0.1) is 15.8 Å². The average Bonchev–Trinajstić information content (AvgIpc) is 3.29. The molecule has 1 aliphatic heterocycles. The van der Waals surface area contributed by atoms with Gasteiger partial charge < -0.3 is 19.4 Å². The van der Waals surface area contributed by atoms with E-state index < -0.39 is 31.9 Å². The maximum absolute atomic E-state index is 13.4. The summed E-state index contributed by atoms with van der Waals surface area (Å²) in [5.41, 5.74) is 1.00. The minimum Gasteiger partial charge on any atom is -0.454 e. The van der Waals surface area contributed by atoms with Crippen molar-refractivity contribution in [3.63, 3.8) is 0 Å². The molecule has 5 rings (SSSR count). The number of anilines is 1. The standard InChI is InChI=1S/C25H19FN2O6S/c1-15-4-2-3-5-19(15)27-24(29)13-28-12-23(35(31,32)17-8-6-16(26)7-9-17)25(30)18-10-21-22(11-20(18)28)34-14-33-21/h2-12H,13-14H2,1H3,(H,27,29). The molecule has 0 aliphatic carbocycles. The highest BCUT2D eigenvalue weighted by atomic mass is 32.2. The molecule has 3 aromatic carbocycles. The lowest BCUT2D eigenvalue weighted by Crippen LogP contribution is -2.24.